The van der Waals surface area contributed by atoms with Crippen molar-refractivity contribution in [3.63, 3.8) is 0 Å². The van der Waals surface area contributed by atoms with Crippen molar-refractivity contribution in [1.82, 2.24) is 9.80 Å². The van der Waals surface area contributed by atoms with E-state index >= 15 is 0 Å². The maximum Gasteiger partial charge on any atom is 0.0490 e. The fraction of sp³-hybridized carbons (Fsp3) is 1.00. The summed E-state index contributed by atoms with van der Waals surface area (Å²) < 4.78 is 0. The lowest BCUT2D eigenvalue weighted by Crippen LogP contribution is -2.71. The van der Waals surface area contributed by atoms with Crippen LogP contribution in [0.25, 0.3) is 0 Å². The van der Waals surface area contributed by atoms with Crippen LogP contribution in [0.15, 0.2) is 0 Å². The first kappa shape index (κ1) is 12.9. The van der Waals surface area contributed by atoms with Gasteiger partial charge in [-0.3, -0.25) is 4.90 Å². The van der Waals surface area contributed by atoms with Gasteiger partial charge in [-0.15, -0.1) is 0 Å². The maximum atomic E-state index is 6.30. The molecule has 3 heteroatoms. The number of likely N-dealkylation sites (tertiary alicyclic amines) is 1. The van der Waals surface area contributed by atoms with E-state index in [9.17, 15) is 0 Å². The number of hydrogen-bond acceptors (Lipinski definition) is 3. The molecule has 3 nitrogen and oxygen atoms in total. The Bertz CT molecular complexity index is 296. The Morgan fingerprint density at radius 1 is 1.17 bits per heavy atom. The highest BCUT2D eigenvalue weighted by atomic mass is 15.3. The number of nitrogens with two attached hydrogens (primary N) is 1. The van der Waals surface area contributed by atoms with E-state index in [1.165, 1.54) is 51.9 Å². The Balaban J connectivity index is 1.87. The monoisotopic (exact) mass is 251 g/mol. The molecule has 0 spiro atoms. The van der Waals surface area contributed by atoms with Crippen molar-refractivity contribution in [2.24, 2.45) is 17.6 Å². The third-order valence-electron chi connectivity index (χ3n) is 5.84. The summed E-state index contributed by atoms with van der Waals surface area (Å²) in [5, 5.41) is 0. The van der Waals surface area contributed by atoms with Crippen LogP contribution >= 0.6 is 0 Å². The minimum Gasteiger partial charge on any atom is -0.329 e. The van der Waals surface area contributed by atoms with Crippen LogP contribution in [-0.2, 0) is 0 Å². The molecule has 0 aromatic carbocycles. The van der Waals surface area contributed by atoms with E-state index in [2.05, 4.69) is 23.6 Å². The van der Waals surface area contributed by atoms with Crippen molar-refractivity contribution in [2.75, 3.05) is 32.7 Å². The lowest BCUT2D eigenvalue weighted by atomic mass is 9.71. The Labute approximate surface area is 112 Å². The molecular formula is C15H29N3. The van der Waals surface area contributed by atoms with Gasteiger partial charge in [0.1, 0.15) is 0 Å². The largest absolute Gasteiger partial charge is 0.329 e. The number of hydrogen-bond donors (Lipinski definition) is 1. The van der Waals surface area contributed by atoms with Crippen molar-refractivity contribution < 1.29 is 0 Å². The molecule has 2 atom stereocenters. The third kappa shape index (κ3) is 1.83. The molecule has 2 unspecified atom stereocenters. The molecular weight excluding hydrogens is 222 g/mol. The Kier molecular flexibility index (Phi) is 3.41. The Morgan fingerprint density at radius 3 is 2.39 bits per heavy atom. The Hall–Kier alpha value is -0.120. The second kappa shape index (κ2) is 4.77. The average Bonchev–Trinajstić information content (AvgIpc) is 2.89. The molecule has 0 saturated carbocycles. The zero-order chi connectivity index (χ0) is 12.8. The van der Waals surface area contributed by atoms with Crippen LogP contribution in [0.4, 0.5) is 0 Å². The van der Waals surface area contributed by atoms with Crippen molar-refractivity contribution in [3.05, 3.63) is 0 Å². The molecule has 2 bridgehead atoms. The molecule has 4 aliphatic rings. The van der Waals surface area contributed by atoms with E-state index in [4.69, 9.17) is 5.73 Å². The fourth-order valence-electron chi connectivity index (χ4n) is 4.86. The van der Waals surface area contributed by atoms with Crippen molar-refractivity contribution >= 4 is 0 Å². The normalized spacial score (nSPS) is 45.0. The number of fused-ring (bicyclic) bond motifs is 3. The fourth-order valence-corrected chi connectivity index (χ4v) is 4.86. The molecule has 104 valence electrons. The predicted molar refractivity (Wildman–Crippen MR) is 75.5 cm³/mol. The van der Waals surface area contributed by atoms with Gasteiger partial charge in [0.25, 0.3) is 0 Å². The second-order valence-electron chi connectivity index (χ2n) is 7.01. The SMILES string of the molecule is CC(C)C1CCCN1C1(CN)CN2CCC1CC2. The van der Waals surface area contributed by atoms with Gasteiger partial charge in [0.05, 0.1) is 0 Å². The molecule has 18 heavy (non-hydrogen) atoms. The molecule has 4 saturated heterocycles. The van der Waals surface area contributed by atoms with E-state index in [1.807, 2.05) is 0 Å². The molecule has 0 radical (unpaired) electrons. The lowest BCUT2D eigenvalue weighted by molar-refractivity contribution is -0.0789. The van der Waals surface area contributed by atoms with Crippen LogP contribution in [-0.4, -0.2) is 54.1 Å². The number of nitrogens with zero attached hydrogens (tertiary/aromatic N) is 2. The highest BCUT2D eigenvalue weighted by Crippen LogP contribution is 2.43. The first-order chi connectivity index (χ1) is 8.67. The lowest BCUT2D eigenvalue weighted by Gasteiger charge is -2.58. The van der Waals surface area contributed by atoms with E-state index < -0.39 is 0 Å². The van der Waals surface area contributed by atoms with E-state index in [0.29, 0.717) is 5.54 Å². The summed E-state index contributed by atoms with van der Waals surface area (Å²) in [6.07, 6.45) is 5.50. The van der Waals surface area contributed by atoms with Gasteiger partial charge < -0.3 is 10.6 Å². The quantitative estimate of drug-likeness (QED) is 0.825. The first-order valence-corrected chi connectivity index (χ1v) is 7.86. The summed E-state index contributed by atoms with van der Waals surface area (Å²) >= 11 is 0. The van der Waals surface area contributed by atoms with Crippen LogP contribution in [0.5, 0.6) is 0 Å². The van der Waals surface area contributed by atoms with Crippen LogP contribution in [0, 0.1) is 11.8 Å². The van der Waals surface area contributed by atoms with Gasteiger partial charge in [0, 0.05) is 24.7 Å². The molecule has 4 aliphatic heterocycles. The van der Waals surface area contributed by atoms with E-state index in [-0.39, 0.29) is 0 Å². The van der Waals surface area contributed by atoms with Crippen LogP contribution in [0.2, 0.25) is 0 Å². The smallest absolute Gasteiger partial charge is 0.0490 e. The first-order valence-electron chi connectivity index (χ1n) is 7.86. The summed E-state index contributed by atoms with van der Waals surface area (Å²) in [7, 11) is 0. The van der Waals surface area contributed by atoms with Crippen molar-refractivity contribution in [3.8, 4) is 0 Å². The van der Waals surface area contributed by atoms with Gasteiger partial charge in [0.2, 0.25) is 0 Å². The molecule has 4 rings (SSSR count). The summed E-state index contributed by atoms with van der Waals surface area (Å²) in [5.74, 6) is 1.62. The minimum absolute atomic E-state index is 0.307. The molecule has 0 aliphatic carbocycles. The zero-order valence-electron chi connectivity index (χ0n) is 12.1. The minimum atomic E-state index is 0.307. The van der Waals surface area contributed by atoms with E-state index in [0.717, 1.165) is 24.4 Å². The molecule has 4 heterocycles. The van der Waals surface area contributed by atoms with Gasteiger partial charge in [-0.2, -0.15) is 0 Å². The molecule has 4 fully saturated rings. The predicted octanol–water partition coefficient (Wildman–Crippen LogP) is 1.53. The standard InChI is InChI=1S/C15H29N3/c1-12(2)14-4-3-7-18(14)15(10-16)11-17-8-5-13(15)6-9-17/h12-14H,3-11,16H2,1-2H3. The highest BCUT2D eigenvalue weighted by Gasteiger charge is 2.52. The zero-order valence-corrected chi connectivity index (χ0v) is 12.1. The van der Waals surface area contributed by atoms with Crippen LogP contribution < -0.4 is 5.73 Å². The Morgan fingerprint density at radius 2 is 1.89 bits per heavy atom. The highest BCUT2D eigenvalue weighted by molar-refractivity contribution is 5.09. The average molecular weight is 251 g/mol. The third-order valence-corrected chi connectivity index (χ3v) is 5.84. The van der Waals surface area contributed by atoms with Gasteiger partial charge in [0.15, 0.2) is 0 Å². The number of piperidine rings is 3. The van der Waals surface area contributed by atoms with Gasteiger partial charge in [-0.1, -0.05) is 13.8 Å². The molecule has 0 amide bonds. The molecule has 0 aromatic heterocycles. The topological polar surface area (TPSA) is 32.5 Å². The summed E-state index contributed by atoms with van der Waals surface area (Å²) in [5.41, 5.74) is 6.61. The van der Waals surface area contributed by atoms with Crippen LogP contribution in [0.1, 0.15) is 39.5 Å². The van der Waals surface area contributed by atoms with E-state index in [1.54, 1.807) is 0 Å². The summed E-state index contributed by atoms with van der Waals surface area (Å²) in [6, 6.07) is 0.772. The summed E-state index contributed by atoms with van der Waals surface area (Å²) in [6.45, 7) is 10.8. The maximum absolute atomic E-state index is 6.30. The second-order valence-corrected chi connectivity index (χ2v) is 7.01. The van der Waals surface area contributed by atoms with Crippen molar-refractivity contribution in [2.45, 2.75) is 51.1 Å². The van der Waals surface area contributed by atoms with Gasteiger partial charge in [-0.25, -0.2) is 0 Å². The molecule has 0 aromatic rings. The van der Waals surface area contributed by atoms with Gasteiger partial charge in [-0.05, 0) is 57.2 Å². The molecule has 2 N–H and O–H groups in total. The van der Waals surface area contributed by atoms with Crippen LogP contribution in [0.3, 0.4) is 0 Å². The summed E-state index contributed by atoms with van der Waals surface area (Å²) in [4.78, 5) is 5.48. The van der Waals surface area contributed by atoms with Gasteiger partial charge >= 0.3 is 0 Å². The number of rotatable bonds is 3. The van der Waals surface area contributed by atoms with Crippen molar-refractivity contribution in [1.29, 1.82) is 0 Å².